The molecule has 182 valence electrons. The third-order valence-corrected chi connectivity index (χ3v) is 6.02. The molecule has 0 spiro atoms. The third kappa shape index (κ3) is 6.39. The van der Waals surface area contributed by atoms with Crippen LogP contribution in [0.15, 0.2) is 61.1 Å². The molecule has 0 bridgehead atoms. The molecule has 2 aromatic carbocycles. The van der Waals surface area contributed by atoms with Crippen molar-refractivity contribution in [3.8, 4) is 5.75 Å². The molecule has 0 aliphatic carbocycles. The molecule has 1 N–H and O–H groups in total. The van der Waals surface area contributed by atoms with E-state index in [1.807, 2.05) is 38.1 Å². The van der Waals surface area contributed by atoms with E-state index in [9.17, 15) is 14.9 Å². The van der Waals surface area contributed by atoms with E-state index in [1.54, 1.807) is 12.1 Å². The Morgan fingerprint density at radius 3 is 2.54 bits per heavy atom. The Morgan fingerprint density at radius 1 is 1.17 bits per heavy atom. The van der Waals surface area contributed by atoms with Crippen molar-refractivity contribution in [3.63, 3.8) is 0 Å². The molecule has 2 heterocycles. The number of non-ortho nitro benzene ring substituents is 1. The summed E-state index contributed by atoms with van der Waals surface area (Å²) in [4.78, 5) is 33.6. The quantitative estimate of drug-likeness (QED) is 0.368. The summed E-state index contributed by atoms with van der Waals surface area (Å²) in [5.74, 6) is 0.654. The van der Waals surface area contributed by atoms with Crippen molar-refractivity contribution in [1.29, 1.82) is 0 Å². The summed E-state index contributed by atoms with van der Waals surface area (Å²) < 4.78 is 5.93. The van der Waals surface area contributed by atoms with Crippen LogP contribution in [0.1, 0.15) is 54.2 Å². The molecule has 0 atom stereocenters. The van der Waals surface area contributed by atoms with Crippen LogP contribution in [0.3, 0.4) is 0 Å². The maximum absolute atomic E-state index is 12.7. The lowest BCUT2D eigenvalue weighted by atomic mass is 9.89. The molecule has 1 aromatic heterocycles. The van der Waals surface area contributed by atoms with Crippen LogP contribution in [-0.4, -0.2) is 44.9 Å². The van der Waals surface area contributed by atoms with Gasteiger partial charge >= 0.3 is 0 Å². The highest BCUT2D eigenvalue weighted by molar-refractivity contribution is 6.03. The Labute approximate surface area is 204 Å². The number of amides is 1. The minimum Gasteiger partial charge on any atom is -0.489 e. The zero-order valence-electron chi connectivity index (χ0n) is 19.9. The van der Waals surface area contributed by atoms with Crippen LogP contribution < -0.4 is 10.1 Å². The second kappa shape index (κ2) is 11.1. The number of likely N-dealkylation sites (tertiary alicyclic amines) is 1. The zero-order chi connectivity index (χ0) is 24.8. The smallest absolute Gasteiger partial charge is 0.275 e. The molecule has 9 heteroatoms. The van der Waals surface area contributed by atoms with Gasteiger partial charge in [-0.25, -0.2) is 4.98 Å². The highest BCUT2D eigenvalue weighted by Crippen LogP contribution is 2.35. The van der Waals surface area contributed by atoms with Crippen LogP contribution in [0, 0.1) is 10.1 Å². The molecule has 9 nitrogen and oxygen atoms in total. The predicted octanol–water partition coefficient (Wildman–Crippen LogP) is 4.80. The van der Waals surface area contributed by atoms with Gasteiger partial charge in [-0.2, -0.15) is 0 Å². The van der Waals surface area contributed by atoms with Crippen LogP contribution in [0.5, 0.6) is 5.75 Å². The number of piperidine rings is 1. The van der Waals surface area contributed by atoms with E-state index >= 15 is 0 Å². The number of nitrogens with zero attached hydrogens (tertiary/aromatic N) is 4. The predicted molar refractivity (Wildman–Crippen MR) is 133 cm³/mol. The number of nitrogens with one attached hydrogen (secondary N) is 1. The fourth-order valence-electron chi connectivity index (χ4n) is 4.26. The second-order valence-corrected chi connectivity index (χ2v) is 8.94. The van der Waals surface area contributed by atoms with E-state index in [0.29, 0.717) is 17.4 Å². The normalized spacial score (nSPS) is 14.6. The monoisotopic (exact) mass is 475 g/mol. The number of aromatic nitrogens is 2. The van der Waals surface area contributed by atoms with Crippen LogP contribution in [0.25, 0.3) is 0 Å². The third-order valence-electron chi connectivity index (χ3n) is 6.02. The molecule has 1 amide bonds. The van der Waals surface area contributed by atoms with Crippen LogP contribution in [-0.2, 0) is 6.54 Å². The first-order valence-electron chi connectivity index (χ1n) is 11.7. The van der Waals surface area contributed by atoms with Crippen LogP contribution in [0.2, 0.25) is 0 Å². The van der Waals surface area contributed by atoms with Crippen molar-refractivity contribution in [2.24, 2.45) is 0 Å². The molecule has 0 radical (unpaired) electrons. The Morgan fingerprint density at radius 2 is 1.91 bits per heavy atom. The minimum absolute atomic E-state index is 0.0318. The van der Waals surface area contributed by atoms with E-state index in [-0.39, 0.29) is 28.3 Å². The van der Waals surface area contributed by atoms with Gasteiger partial charge in [0.25, 0.3) is 11.6 Å². The van der Waals surface area contributed by atoms with E-state index in [4.69, 9.17) is 4.74 Å². The number of hydrogen-bond acceptors (Lipinski definition) is 7. The van der Waals surface area contributed by atoms with Crippen molar-refractivity contribution in [1.82, 2.24) is 14.9 Å². The fourth-order valence-corrected chi connectivity index (χ4v) is 4.26. The number of ether oxygens (including phenoxy) is 1. The lowest BCUT2D eigenvalue weighted by Gasteiger charge is -2.32. The Balaban J connectivity index is 1.42. The average Bonchev–Trinajstić information content (AvgIpc) is 2.86. The summed E-state index contributed by atoms with van der Waals surface area (Å²) in [5.41, 5.74) is 3.21. The van der Waals surface area contributed by atoms with Gasteiger partial charge in [0.15, 0.2) is 0 Å². The molecule has 0 saturated carbocycles. The van der Waals surface area contributed by atoms with Gasteiger partial charge in [-0.15, -0.1) is 0 Å². The number of rotatable bonds is 8. The molecule has 1 saturated heterocycles. The molecule has 35 heavy (non-hydrogen) atoms. The topological polar surface area (TPSA) is 110 Å². The van der Waals surface area contributed by atoms with E-state index < -0.39 is 0 Å². The number of hydrogen-bond donors (Lipinski definition) is 1. The first kappa shape index (κ1) is 24.3. The number of nitro groups is 1. The number of benzene rings is 2. The lowest BCUT2D eigenvalue weighted by Crippen LogP contribution is -2.32. The Hall–Kier alpha value is -3.85. The summed E-state index contributed by atoms with van der Waals surface area (Å²) in [7, 11) is 0. The molecule has 0 unspecified atom stereocenters. The zero-order valence-corrected chi connectivity index (χ0v) is 19.9. The first-order valence-corrected chi connectivity index (χ1v) is 11.7. The van der Waals surface area contributed by atoms with Crippen LogP contribution >= 0.6 is 0 Å². The van der Waals surface area contributed by atoms with Crippen molar-refractivity contribution in [2.75, 3.05) is 18.4 Å². The van der Waals surface area contributed by atoms with E-state index in [0.717, 1.165) is 43.6 Å². The van der Waals surface area contributed by atoms with Crippen molar-refractivity contribution in [2.45, 2.75) is 45.3 Å². The largest absolute Gasteiger partial charge is 0.489 e. The van der Waals surface area contributed by atoms with Gasteiger partial charge in [0.2, 0.25) is 0 Å². The molecule has 4 rings (SSSR count). The summed E-state index contributed by atoms with van der Waals surface area (Å²) in [6.07, 6.45) is 6.38. The molecule has 1 aliphatic rings. The second-order valence-electron chi connectivity index (χ2n) is 8.94. The molecular weight excluding hydrogens is 446 g/mol. The SMILES string of the molecule is CC(C)Oc1ccc(C2CCN(Cc3ccc([N+](=O)[O-])cc3)CC2)cc1NC(=O)c1cnccn1. The summed E-state index contributed by atoms with van der Waals surface area (Å²) in [5, 5.41) is 13.8. The van der Waals surface area contributed by atoms with Gasteiger partial charge in [0.05, 0.1) is 22.9 Å². The standard InChI is InChI=1S/C26H29N5O4/c1-18(2)35-25-8-5-21(15-23(25)29-26(32)24-16-27-11-12-28-24)20-9-13-30(14-10-20)17-19-3-6-22(7-4-19)31(33)34/h3-8,11-12,15-16,18,20H,9-10,13-14,17H2,1-2H3,(H,29,32). The maximum atomic E-state index is 12.7. The summed E-state index contributed by atoms with van der Waals surface area (Å²) in [6.45, 7) is 6.51. The number of nitro benzene ring substituents is 1. The molecule has 1 fully saturated rings. The fraction of sp³-hybridized carbons (Fsp3) is 0.346. The lowest BCUT2D eigenvalue weighted by molar-refractivity contribution is -0.384. The molecule has 3 aromatic rings. The van der Waals surface area contributed by atoms with Crippen molar-refractivity contribution in [3.05, 3.63) is 88.0 Å². The average molecular weight is 476 g/mol. The first-order chi connectivity index (χ1) is 16.9. The van der Waals surface area contributed by atoms with E-state index in [2.05, 4.69) is 26.3 Å². The highest BCUT2D eigenvalue weighted by atomic mass is 16.6. The Kier molecular flexibility index (Phi) is 7.67. The molecule has 1 aliphatic heterocycles. The van der Waals surface area contributed by atoms with Gasteiger partial charge in [0.1, 0.15) is 11.4 Å². The number of carbonyl (C=O) groups is 1. The van der Waals surface area contributed by atoms with Crippen molar-refractivity contribution < 1.29 is 14.5 Å². The van der Waals surface area contributed by atoms with E-state index in [1.165, 1.54) is 18.6 Å². The van der Waals surface area contributed by atoms with Crippen molar-refractivity contribution >= 4 is 17.3 Å². The number of carbonyl (C=O) groups excluding carboxylic acids is 1. The van der Waals surface area contributed by atoms with Gasteiger partial charge in [-0.3, -0.25) is 24.8 Å². The van der Waals surface area contributed by atoms with Gasteiger partial charge in [-0.05, 0) is 69.0 Å². The Bertz CT molecular complexity index is 1160. The summed E-state index contributed by atoms with van der Waals surface area (Å²) >= 11 is 0. The number of anilines is 1. The van der Waals surface area contributed by atoms with Gasteiger partial charge in [0, 0.05) is 31.1 Å². The minimum atomic E-state index is -0.378. The highest BCUT2D eigenvalue weighted by Gasteiger charge is 2.23. The van der Waals surface area contributed by atoms with Gasteiger partial charge in [-0.1, -0.05) is 18.2 Å². The molecular formula is C26H29N5O4. The summed E-state index contributed by atoms with van der Waals surface area (Å²) in [6, 6.07) is 12.8. The maximum Gasteiger partial charge on any atom is 0.275 e. The van der Waals surface area contributed by atoms with Gasteiger partial charge < -0.3 is 10.1 Å². The van der Waals surface area contributed by atoms with Crippen LogP contribution in [0.4, 0.5) is 11.4 Å².